The molecule has 1 rings (SSSR count). The van der Waals surface area contributed by atoms with E-state index in [-0.39, 0.29) is 35.8 Å². The number of benzene rings is 1. The van der Waals surface area contributed by atoms with Crippen LogP contribution in [0.1, 0.15) is 32.4 Å². The lowest BCUT2D eigenvalue weighted by molar-refractivity contribution is -0.125. The molecule has 0 aromatic heterocycles. The smallest absolute Gasteiger partial charge is 0.237 e. The predicted molar refractivity (Wildman–Crippen MR) is 79.0 cm³/mol. The molecular weight excluding hydrogens is 283 g/mol. The topological polar surface area (TPSA) is 75.4 Å². The van der Waals surface area contributed by atoms with Crippen LogP contribution >= 0.6 is 12.4 Å². The van der Waals surface area contributed by atoms with Gasteiger partial charge in [-0.25, -0.2) is 4.39 Å². The second-order valence-electron chi connectivity index (χ2n) is 5.63. The van der Waals surface area contributed by atoms with Crippen LogP contribution in [-0.4, -0.2) is 23.6 Å². The van der Waals surface area contributed by atoms with Crippen LogP contribution < -0.4 is 11.1 Å². The van der Waals surface area contributed by atoms with Crippen molar-refractivity contribution in [2.75, 3.05) is 6.54 Å². The van der Waals surface area contributed by atoms with E-state index in [1.165, 1.54) is 12.1 Å². The maximum absolute atomic E-state index is 13.4. The van der Waals surface area contributed by atoms with E-state index in [9.17, 15) is 14.3 Å². The summed E-state index contributed by atoms with van der Waals surface area (Å²) in [7, 11) is 0. The molecule has 1 unspecified atom stereocenters. The Bertz CT molecular complexity index is 449. The molecule has 0 aliphatic heterocycles. The van der Waals surface area contributed by atoms with Gasteiger partial charge in [0.15, 0.2) is 0 Å². The van der Waals surface area contributed by atoms with Crippen LogP contribution in [0.25, 0.3) is 0 Å². The highest BCUT2D eigenvalue weighted by molar-refractivity contribution is 5.85. The largest absolute Gasteiger partial charge is 0.386 e. The van der Waals surface area contributed by atoms with Gasteiger partial charge >= 0.3 is 0 Å². The highest BCUT2D eigenvalue weighted by atomic mass is 35.5. The molecule has 1 aromatic rings. The first-order valence-electron chi connectivity index (χ1n) is 6.19. The fraction of sp³-hybridized carbons (Fsp3) is 0.500. The summed E-state index contributed by atoms with van der Waals surface area (Å²) in [4.78, 5) is 11.8. The van der Waals surface area contributed by atoms with E-state index in [4.69, 9.17) is 5.73 Å². The first-order valence-corrected chi connectivity index (χ1v) is 6.19. The van der Waals surface area contributed by atoms with Gasteiger partial charge in [0.25, 0.3) is 0 Å². The average Bonchev–Trinajstić information content (AvgIpc) is 2.34. The van der Waals surface area contributed by atoms with Crippen molar-refractivity contribution >= 4 is 18.3 Å². The zero-order valence-corrected chi connectivity index (χ0v) is 12.7. The fourth-order valence-corrected chi connectivity index (χ4v) is 1.56. The van der Waals surface area contributed by atoms with Crippen LogP contribution in [0.4, 0.5) is 4.39 Å². The van der Waals surface area contributed by atoms with E-state index in [0.29, 0.717) is 0 Å². The van der Waals surface area contributed by atoms with Crippen LogP contribution in [0.5, 0.6) is 0 Å². The van der Waals surface area contributed by atoms with Crippen molar-refractivity contribution in [2.24, 2.45) is 11.1 Å². The van der Waals surface area contributed by atoms with Crippen molar-refractivity contribution in [3.63, 3.8) is 0 Å². The van der Waals surface area contributed by atoms with E-state index >= 15 is 0 Å². The van der Waals surface area contributed by atoms with Gasteiger partial charge in [-0.05, 0) is 11.5 Å². The summed E-state index contributed by atoms with van der Waals surface area (Å²) in [5, 5.41) is 12.4. The molecule has 4 nitrogen and oxygen atoms in total. The predicted octanol–water partition coefficient (Wildman–Crippen LogP) is 1.77. The Morgan fingerprint density at radius 3 is 2.45 bits per heavy atom. The molecular formula is C14H22ClFN2O2. The Balaban J connectivity index is 0.00000361. The van der Waals surface area contributed by atoms with Gasteiger partial charge in [0.1, 0.15) is 5.82 Å². The van der Waals surface area contributed by atoms with Gasteiger partial charge in [-0.3, -0.25) is 4.79 Å². The Kier molecular flexibility index (Phi) is 7.13. The van der Waals surface area contributed by atoms with E-state index in [1.807, 2.05) is 20.8 Å². The van der Waals surface area contributed by atoms with Crippen molar-refractivity contribution in [1.82, 2.24) is 5.32 Å². The Morgan fingerprint density at radius 1 is 1.40 bits per heavy atom. The zero-order chi connectivity index (χ0) is 14.6. The van der Waals surface area contributed by atoms with Crippen LogP contribution in [0, 0.1) is 11.2 Å². The number of aliphatic hydroxyl groups excluding tert-OH is 1. The number of rotatable bonds is 4. The molecule has 0 aliphatic carbocycles. The van der Waals surface area contributed by atoms with Crippen LogP contribution in [0.15, 0.2) is 24.3 Å². The van der Waals surface area contributed by atoms with Gasteiger partial charge in [-0.15, -0.1) is 12.4 Å². The molecule has 0 saturated heterocycles. The minimum atomic E-state index is -1.09. The standard InChI is InChI=1S/C14H21FN2O2.ClH/c1-14(2,3)12(16)13(19)17-8-11(18)9-6-4-5-7-10(9)15;/h4-7,11-12,18H,8,16H2,1-3H3,(H,17,19);1H/t11?,12-;/m1./s1. The molecule has 114 valence electrons. The van der Waals surface area contributed by atoms with Crippen molar-refractivity contribution in [2.45, 2.75) is 32.9 Å². The van der Waals surface area contributed by atoms with Gasteiger partial charge in [-0.2, -0.15) is 0 Å². The Morgan fingerprint density at radius 2 is 1.95 bits per heavy atom. The molecule has 0 bridgehead atoms. The summed E-state index contributed by atoms with van der Waals surface area (Å²) in [5.41, 5.74) is 5.57. The number of carbonyl (C=O) groups excluding carboxylic acids is 1. The fourth-order valence-electron chi connectivity index (χ4n) is 1.56. The number of amides is 1. The van der Waals surface area contributed by atoms with Crippen molar-refractivity contribution in [1.29, 1.82) is 0 Å². The van der Waals surface area contributed by atoms with Gasteiger partial charge in [0.05, 0.1) is 12.1 Å². The van der Waals surface area contributed by atoms with Crippen molar-refractivity contribution in [3.8, 4) is 0 Å². The second kappa shape index (κ2) is 7.57. The minimum Gasteiger partial charge on any atom is -0.386 e. The molecule has 0 spiro atoms. The summed E-state index contributed by atoms with van der Waals surface area (Å²) in [6.45, 7) is 5.49. The minimum absolute atomic E-state index is 0. The van der Waals surface area contributed by atoms with Crippen LogP contribution in [-0.2, 0) is 4.79 Å². The SMILES string of the molecule is CC(C)(C)[C@H](N)C(=O)NCC(O)c1ccccc1F.Cl. The van der Waals surface area contributed by atoms with Gasteiger partial charge in [0, 0.05) is 12.1 Å². The number of nitrogens with two attached hydrogens (primary N) is 1. The summed E-state index contributed by atoms with van der Waals surface area (Å²) >= 11 is 0. The number of nitrogens with one attached hydrogen (secondary N) is 1. The molecule has 0 fully saturated rings. The molecule has 0 saturated carbocycles. The molecule has 0 radical (unpaired) electrons. The zero-order valence-electron chi connectivity index (χ0n) is 11.9. The molecule has 1 amide bonds. The lowest BCUT2D eigenvalue weighted by Crippen LogP contribution is -2.49. The molecule has 0 aliphatic rings. The quantitative estimate of drug-likeness (QED) is 0.793. The Labute approximate surface area is 125 Å². The Hall–Kier alpha value is -1.17. The normalized spacial score (nSPS) is 14.1. The second-order valence-corrected chi connectivity index (χ2v) is 5.63. The number of hydrogen-bond donors (Lipinski definition) is 3. The molecule has 0 heterocycles. The molecule has 4 N–H and O–H groups in total. The summed E-state index contributed by atoms with van der Waals surface area (Å²) in [5.74, 6) is -0.854. The van der Waals surface area contributed by atoms with E-state index in [1.54, 1.807) is 12.1 Å². The van der Waals surface area contributed by atoms with Gasteiger partial charge in [-0.1, -0.05) is 39.0 Å². The summed E-state index contributed by atoms with van der Waals surface area (Å²) < 4.78 is 13.4. The maximum Gasteiger partial charge on any atom is 0.237 e. The van der Waals surface area contributed by atoms with Crippen LogP contribution in [0.2, 0.25) is 0 Å². The number of halogens is 2. The third-order valence-corrected chi connectivity index (χ3v) is 2.95. The molecule has 2 atom stereocenters. The maximum atomic E-state index is 13.4. The monoisotopic (exact) mass is 304 g/mol. The first kappa shape index (κ1) is 18.8. The molecule has 1 aromatic carbocycles. The third-order valence-electron chi connectivity index (χ3n) is 2.95. The van der Waals surface area contributed by atoms with Crippen LogP contribution in [0.3, 0.4) is 0 Å². The number of carbonyl (C=O) groups is 1. The summed E-state index contributed by atoms with van der Waals surface area (Å²) in [6, 6.07) is 5.24. The van der Waals surface area contributed by atoms with E-state index < -0.39 is 18.0 Å². The van der Waals surface area contributed by atoms with Crippen molar-refractivity contribution in [3.05, 3.63) is 35.6 Å². The third kappa shape index (κ3) is 5.07. The number of hydrogen-bond acceptors (Lipinski definition) is 3. The lowest BCUT2D eigenvalue weighted by atomic mass is 9.87. The first-order chi connectivity index (χ1) is 8.73. The lowest BCUT2D eigenvalue weighted by Gasteiger charge is -2.26. The van der Waals surface area contributed by atoms with Crippen molar-refractivity contribution < 1.29 is 14.3 Å². The van der Waals surface area contributed by atoms with Gasteiger partial charge in [0.2, 0.25) is 5.91 Å². The molecule has 20 heavy (non-hydrogen) atoms. The van der Waals surface area contributed by atoms with E-state index in [0.717, 1.165) is 0 Å². The van der Waals surface area contributed by atoms with Gasteiger partial charge < -0.3 is 16.2 Å². The highest BCUT2D eigenvalue weighted by Crippen LogP contribution is 2.18. The molecule has 6 heteroatoms. The number of aliphatic hydroxyl groups is 1. The van der Waals surface area contributed by atoms with E-state index in [2.05, 4.69) is 5.32 Å². The highest BCUT2D eigenvalue weighted by Gasteiger charge is 2.27. The average molecular weight is 305 g/mol. The summed E-state index contributed by atoms with van der Waals surface area (Å²) in [6.07, 6.45) is -1.09.